The van der Waals surface area contributed by atoms with Crippen LogP contribution in [0.3, 0.4) is 0 Å². The molecule has 0 spiro atoms. The Labute approximate surface area is 213 Å². The number of hydrogen-bond acceptors (Lipinski definition) is 1. The number of aryl methyl sites for hydroxylation is 1. The summed E-state index contributed by atoms with van der Waals surface area (Å²) in [5, 5.41) is 0. The summed E-state index contributed by atoms with van der Waals surface area (Å²) in [4.78, 5) is 0. The van der Waals surface area contributed by atoms with Crippen LogP contribution < -0.4 is 62.9 Å². The first kappa shape index (κ1) is 23.2. The number of fused-ring (bicyclic) bond motifs is 1. The zero-order chi connectivity index (χ0) is 19.0. The van der Waals surface area contributed by atoms with E-state index >= 15 is 0 Å². The minimum Gasteiger partial charge on any atom is -0.487 e. The average molecular weight is 469 g/mol. The van der Waals surface area contributed by atoms with E-state index in [9.17, 15) is 17.6 Å². The predicted molar refractivity (Wildman–Crippen MR) is 95.8 cm³/mol. The maximum atomic E-state index is 14.4. The zero-order valence-corrected chi connectivity index (χ0v) is 21.4. The van der Waals surface area contributed by atoms with Gasteiger partial charge in [0.2, 0.25) is 0 Å². The molecule has 1 aliphatic heterocycles. The van der Waals surface area contributed by atoms with Gasteiger partial charge in [-0.25, -0.2) is 4.39 Å². The molecule has 0 saturated heterocycles. The van der Waals surface area contributed by atoms with E-state index in [-0.39, 0.29) is 70.0 Å². The molecule has 1 aromatic carbocycles. The summed E-state index contributed by atoms with van der Waals surface area (Å²) in [5.41, 5.74) is -0.663. The van der Waals surface area contributed by atoms with Crippen molar-refractivity contribution in [1.82, 2.24) is 0 Å². The fourth-order valence-electron chi connectivity index (χ4n) is 5.39. The third-order valence-corrected chi connectivity index (χ3v) is 6.94. The van der Waals surface area contributed by atoms with E-state index in [1.807, 2.05) is 0 Å². The zero-order valence-electron chi connectivity index (χ0n) is 16.5. The van der Waals surface area contributed by atoms with Crippen LogP contribution in [0.15, 0.2) is 12.1 Å². The minimum atomic E-state index is -4.69. The van der Waals surface area contributed by atoms with Crippen molar-refractivity contribution in [2.75, 3.05) is 0 Å². The molecule has 1 unspecified atom stereocenters. The standard InChI is InChI=1S/C22H27F4O.Rb/c23-20-18(22(24,25)26)12-10-17-11-13-19(27-21(17)20)16-8-6-15(7-9-16)14-4-2-1-3-5-14;/h1,10,12,14-16,19H,2-9,11,13H2;/q-1;+1. The Morgan fingerprint density at radius 1 is 0.857 bits per heavy atom. The summed E-state index contributed by atoms with van der Waals surface area (Å²) in [5.74, 6) is 0.538. The van der Waals surface area contributed by atoms with Crippen LogP contribution >= 0.6 is 0 Å². The summed E-state index contributed by atoms with van der Waals surface area (Å²) < 4.78 is 59.3. The van der Waals surface area contributed by atoms with Crippen LogP contribution in [-0.2, 0) is 12.6 Å². The second-order valence-corrected chi connectivity index (χ2v) is 8.49. The van der Waals surface area contributed by atoms with Gasteiger partial charge in [0, 0.05) is 0 Å². The Balaban J connectivity index is 0.00000225. The maximum Gasteiger partial charge on any atom is 1.00 e. The number of rotatable bonds is 2. The Bertz CT molecular complexity index is 661. The van der Waals surface area contributed by atoms with Crippen LogP contribution in [0, 0.1) is 30.0 Å². The minimum absolute atomic E-state index is 0. The van der Waals surface area contributed by atoms with Gasteiger partial charge in [0.05, 0.1) is 5.56 Å². The van der Waals surface area contributed by atoms with Crippen molar-refractivity contribution in [3.05, 3.63) is 35.5 Å². The SMILES string of the molecule is Fc1c(C(F)(F)F)ccc2c1OC(C1CCC(C3CC[CH-]CC3)CC1)CC2.[Rb+]. The molecule has 1 nitrogen and oxygen atoms in total. The summed E-state index contributed by atoms with van der Waals surface area (Å²) in [6.45, 7) is 0. The maximum absolute atomic E-state index is 14.4. The van der Waals surface area contributed by atoms with Crippen LogP contribution in [0.25, 0.3) is 0 Å². The quantitative estimate of drug-likeness (QED) is 0.474. The summed E-state index contributed by atoms with van der Waals surface area (Å²) in [7, 11) is 0. The van der Waals surface area contributed by atoms with Crippen LogP contribution in [0.2, 0.25) is 0 Å². The summed E-state index contributed by atoms with van der Waals surface area (Å²) in [6.07, 6.45) is 8.40. The first-order valence-electron chi connectivity index (χ1n) is 10.3. The average Bonchev–Trinajstić information content (AvgIpc) is 2.68. The molecule has 1 heterocycles. The number of alkyl halides is 3. The van der Waals surface area contributed by atoms with Gasteiger partial charge < -0.3 is 11.2 Å². The number of ether oxygens (including phenoxy) is 1. The number of halogens is 4. The van der Waals surface area contributed by atoms with E-state index in [1.165, 1.54) is 44.6 Å². The molecule has 150 valence electrons. The van der Waals surface area contributed by atoms with Gasteiger partial charge in [-0.3, -0.25) is 0 Å². The topological polar surface area (TPSA) is 9.23 Å². The molecule has 4 rings (SSSR count). The molecule has 28 heavy (non-hydrogen) atoms. The molecular formula is C22H27F4ORb. The fraction of sp³-hybridized carbons (Fsp3) is 0.682. The Morgan fingerprint density at radius 3 is 2.11 bits per heavy atom. The van der Waals surface area contributed by atoms with Gasteiger partial charge in [0.25, 0.3) is 0 Å². The molecule has 2 saturated carbocycles. The first-order chi connectivity index (χ1) is 12.9. The molecule has 2 fully saturated rings. The first-order valence-corrected chi connectivity index (χ1v) is 10.3. The molecule has 1 aromatic rings. The van der Waals surface area contributed by atoms with E-state index in [0.29, 0.717) is 17.9 Å². The fourth-order valence-corrected chi connectivity index (χ4v) is 5.39. The van der Waals surface area contributed by atoms with Crippen molar-refractivity contribution in [2.24, 2.45) is 17.8 Å². The van der Waals surface area contributed by atoms with E-state index in [0.717, 1.165) is 37.2 Å². The van der Waals surface area contributed by atoms with Crippen molar-refractivity contribution in [1.29, 1.82) is 0 Å². The third kappa shape index (κ3) is 5.05. The Hall–Kier alpha value is 0.545. The monoisotopic (exact) mass is 468 g/mol. The molecule has 1 atom stereocenters. The van der Waals surface area contributed by atoms with Crippen molar-refractivity contribution in [2.45, 2.75) is 76.5 Å². The second kappa shape index (κ2) is 9.78. The van der Waals surface area contributed by atoms with Gasteiger partial charge in [-0.1, -0.05) is 18.9 Å². The summed E-state index contributed by atoms with van der Waals surface area (Å²) >= 11 is 0. The molecule has 2 aliphatic carbocycles. The van der Waals surface area contributed by atoms with Gasteiger partial charge in [0.1, 0.15) is 6.10 Å². The van der Waals surface area contributed by atoms with Crippen LogP contribution in [0.4, 0.5) is 17.6 Å². The van der Waals surface area contributed by atoms with Gasteiger partial charge in [-0.05, 0) is 67.9 Å². The molecule has 6 heteroatoms. The van der Waals surface area contributed by atoms with Gasteiger partial charge in [-0.2, -0.15) is 26.0 Å². The molecule has 0 N–H and O–H groups in total. The second-order valence-electron chi connectivity index (χ2n) is 8.49. The Kier molecular flexibility index (Phi) is 8.11. The molecule has 3 aliphatic rings. The molecular weight excluding hydrogens is 442 g/mol. The van der Waals surface area contributed by atoms with Crippen molar-refractivity contribution in [3.8, 4) is 5.75 Å². The van der Waals surface area contributed by atoms with Gasteiger partial charge >= 0.3 is 64.4 Å². The normalized spacial score (nSPS) is 28.8. The predicted octanol–water partition coefficient (Wildman–Crippen LogP) is 3.74. The van der Waals surface area contributed by atoms with Crippen LogP contribution in [0.1, 0.15) is 68.9 Å². The van der Waals surface area contributed by atoms with Crippen molar-refractivity contribution >= 4 is 0 Å². The Morgan fingerprint density at radius 2 is 1.46 bits per heavy atom. The van der Waals surface area contributed by atoms with E-state index in [1.54, 1.807) is 0 Å². The third-order valence-electron chi connectivity index (χ3n) is 6.94. The smallest absolute Gasteiger partial charge is 0.487 e. The molecule has 0 radical (unpaired) electrons. The van der Waals surface area contributed by atoms with Gasteiger partial charge in [-0.15, -0.1) is 0 Å². The van der Waals surface area contributed by atoms with Crippen molar-refractivity contribution < 1.29 is 80.5 Å². The number of benzene rings is 1. The van der Waals surface area contributed by atoms with Crippen molar-refractivity contribution in [3.63, 3.8) is 0 Å². The molecule has 0 bridgehead atoms. The molecule has 0 aromatic heterocycles. The van der Waals surface area contributed by atoms with E-state index in [4.69, 9.17) is 4.74 Å². The summed E-state index contributed by atoms with van der Waals surface area (Å²) in [6, 6.07) is 2.21. The molecule has 0 amide bonds. The van der Waals surface area contributed by atoms with E-state index < -0.39 is 17.6 Å². The van der Waals surface area contributed by atoms with Crippen LogP contribution in [-0.4, -0.2) is 6.10 Å². The van der Waals surface area contributed by atoms with E-state index in [2.05, 4.69) is 6.42 Å². The largest absolute Gasteiger partial charge is 1.00 e. The van der Waals surface area contributed by atoms with Crippen LogP contribution in [0.5, 0.6) is 5.75 Å². The number of hydrogen-bond donors (Lipinski definition) is 0. The van der Waals surface area contributed by atoms with Gasteiger partial charge in [0.15, 0.2) is 11.6 Å².